The first-order valence-corrected chi connectivity index (χ1v) is 8.42. The number of methoxy groups -OCH3 is 1. The van der Waals surface area contributed by atoms with Crippen molar-refractivity contribution >= 4 is 22.6 Å². The molecule has 3 aromatic rings. The molecule has 2 aromatic carbocycles. The number of phenols is 1. The number of fused-ring (bicyclic) bond motifs is 1. The van der Waals surface area contributed by atoms with Crippen molar-refractivity contribution in [2.24, 2.45) is 0 Å². The van der Waals surface area contributed by atoms with E-state index in [2.05, 4.69) is 0 Å². The number of rotatable bonds is 4. The van der Waals surface area contributed by atoms with Crippen LogP contribution in [-0.4, -0.2) is 22.8 Å². The Morgan fingerprint density at radius 3 is 2.67 bits per heavy atom. The molecule has 0 fully saturated rings. The van der Waals surface area contributed by atoms with Crippen molar-refractivity contribution in [3.05, 3.63) is 58.1 Å². The lowest BCUT2D eigenvalue weighted by atomic mass is 9.98. The number of nitrogens with zero attached hydrogens (tertiary/aromatic N) is 1. The average molecular weight is 370 g/mol. The van der Waals surface area contributed by atoms with E-state index in [0.29, 0.717) is 29.4 Å². The smallest absolute Gasteiger partial charge is 0.345 e. The third kappa shape index (κ3) is 3.01. The minimum atomic E-state index is -0.821. The number of esters is 1. The number of carbonyl (C=O) groups excluding carboxylic acids is 1. The lowest BCUT2D eigenvalue weighted by molar-refractivity contribution is 0.0599. The second-order valence-electron chi connectivity index (χ2n) is 6.10. The second kappa shape index (κ2) is 7.11. The number of nitrogens with two attached hydrogens (primary N) is 1. The van der Waals surface area contributed by atoms with Gasteiger partial charge in [-0.2, -0.15) is 0 Å². The maximum atomic E-state index is 14.5. The van der Waals surface area contributed by atoms with Crippen LogP contribution >= 0.6 is 0 Å². The standard InChI is InChI=1S/C20H19FN2O4/c1-3-9-23-18-12(14-10-11(24)7-8-15(14)21)5-4-6-13(18)17(22)16(19(23)25)20(26)27-2/h4-8,10,24H,3,9,22H2,1-2H3. The summed E-state index contributed by atoms with van der Waals surface area (Å²) in [7, 11) is 1.17. The summed E-state index contributed by atoms with van der Waals surface area (Å²) in [5, 5.41) is 10.2. The molecule has 140 valence electrons. The molecular weight excluding hydrogens is 351 g/mol. The van der Waals surface area contributed by atoms with Gasteiger partial charge in [-0.15, -0.1) is 0 Å². The number of carbonyl (C=O) groups is 1. The summed E-state index contributed by atoms with van der Waals surface area (Å²) in [4.78, 5) is 25.1. The van der Waals surface area contributed by atoms with Crippen LogP contribution in [0.3, 0.4) is 0 Å². The van der Waals surface area contributed by atoms with Crippen molar-refractivity contribution in [1.29, 1.82) is 0 Å². The Bertz CT molecular complexity index is 1110. The molecule has 0 bridgehead atoms. The predicted octanol–water partition coefficient (Wildman–Crippen LogP) is 3.29. The Morgan fingerprint density at radius 2 is 2.00 bits per heavy atom. The van der Waals surface area contributed by atoms with Gasteiger partial charge in [0.25, 0.3) is 5.56 Å². The molecule has 0 unspecified atom stereocenters. The van der Waals surface area contributed by atoms with Gasteiger partial charge in [0, 0.05) is 23.1 Å². The van der Waals surface area contributed by atoms with E-state index in [9.17, 15) is 19.1 Å². The van der Waals surface area contributed by atoms with E-state index in [0.717, 1.165) is 6.07 Å². The largest absolute Gasteiger partial charge is 0.508 e. The first-order chi connectivity index (χ1) is 12.9. The molecule has 3 N–H and O–H groups in total. The quantitative estimate of drug-likeness (QED) is 0.687. The molecule has 0 spiro atoms. The molecule has 0 amide bonds. The van der Waals surface area contributed by atoms with E-state index in [4.69, 9.17) is 10.5 Å². The Balaban J connectivity index is 2.51. The highest BCUT2D eigenvalue weighted by molar-refractivity contribution is 6.07. The summed E-state index contributed by atoms with van der Waals surface area (Å²) in [6.07, 6.45) is 0.608. The molecule has 6 nitrogen and oxygen atoms in total. The van der Waals surface area contributed by atoms with Crippen LogP contribution in [0, 0.1) is 5.82 Å². The zero-order chi connectivity index (χ0) is 19.7. The van der Waals surface area contributed by atoms with Crippen molar-refractivity contribution < 1.29 is 19.0 Å². The van der Waals surface area contributed by atoms with E-state index in [1.54, 1.807) is 18.2 Å². The monoisotopic (exact) mass is 370 g/mol. The van der Waals surface area contributed by atoms with Crippen LogP contribution in [0.1, 0.15) is 23.7 Å². The normalized spacial score (nSPS) is 10.9. The van der Waals surface area contributed by atoms with Gasteiger partial charge >= 0.3 is 5.97 Å². The highest BCUT2D eigenvalue weighted by Crippen LogP contribution is 2.35. The topological polar surface area (TPSA) is 94.5 Å². The van der Waals surface area contributed by atoms with Crippen LogP contribution in [0.2, 0.25) is 0 Å². The Hall–Kier alpha value is -3.35. The number of para-hydroxylation sites is 1. The molecule has 0 aliphatic rings. The van der Waals surface area contributed by atoms with Gasteiger partial charge < -0.3 is 20.1 Å². The van der Waals surface area contributed by atoms with Gasteiger partial charge in [0.1, 0.15) is 17.1 Å². The molecule has 27 heavy (non-hydrogen) atoms. The zero-order valence-corrected chi connectivity index (χ0v) is 15.0. The number of anilines is 1. The third-order valence-corrected chi connectivity index (χ3v) is 4.40. The number of hydrogen-bond donors (Lipinski definition) is 2. The van der Waals surface area contributed by atoms with Gasteiger partial charge in [0.05, 0.1) is 18.3 Å². The van der Waals surface area contributed by atoms with Crippen LogP contribution in [0.25, 0.3) is 22.0 Å². The molecule has 0 saturated carbocycles. The predicted molar refractivity (Wildman–Crippen MR) is 101 cm³/mol. The zero-order valence-electron chi connectivity index (χ0n) is 15.0. The van der Waals surface area contributed by atoms with Gasteiger partial charge in [-0.3, -0.25) is 4.79 Å². The number of hydrogen-bond acceptors (Lipinski definition) is 5. The summed E-state index contributed by atoms with van der Waals surface area (Å²) < 4.78 is 20.6. The lowest BCUT2D eigenvalue weighted by Crippen LogP contribution is -2.29. The van der Waals surface area contributed by atoms with E-state index in [-0.39, 0.29) is 22.6 Å². The fourth-order valence-electron chi connectivity index (χ4n) is 3.21. The van der Waals surface area contributed by atoms with Gasteiger partial charge in [-0.25, -0.2) is 9.18 Å². The highest BCUT2D eigenvalue weighted by atomic mass is 19.1. The Labute approximate surface area is 154 Å². The summed E-state index contributed by atoms with van der Waals surface area (Å²) in [5.41, 5.74) is 6.20. The average Bonchev–Trinajstić information content (AvgIpc) is 2.66. The lowest BCUT2D eigenvalue weighted by Gasteiger charge is -2.18. The summed E-state index contributed by atoms with van der Waals surface area (Å²) in [6.45, 7) is 2.18. The van der Waals surface area contributed by atoms with Gasteiger partial charge in [-0.05, 0) is 24.6 Å². The second-order valence-corrected chi connectivity index (χ2v) is 6.10. The molecule has 1 aromatic heterocycles. The first-order valence-electron chi connectivity index (χ1n) is 8.42. The van der Waals surface area contributed by atoms with Crippen molar-refractivity contribution in [3.8, 4) is 16.9 Å². The number of pyridine rings is 1. The molecule has 7 heteroatoms. The Kier molecular flexibility index (Phi) is 4.85. The summed E-state index contributed by atoms with van der Waals surface area (Å²) in [5.74, 6) is -1.48. The molecule has 0 aliphatic heterocycles. The number of aryl methyl sites for hydroxylation is 1. The highest BCUT2D eigenvalue weighted by Gasteiger charge is 2.23. The number of phenolic OH excluding ortho intramolecular Hbond substituents is 1. The molecule has 0 atom stereocenters. The van der Waals surface area contributed by atoms with Gasteiger partial charge in [-0.1, -0.05) is 25.1 Å². The van der Waals surface area contributed by atoms with E-state index >= 15 is 0 Å². The third-order valence-electron chi connectivity index (χ3n) is 4.40. The molecule has 3 rings (SSSR count). The summed E-state index contributed by atoms with van der Waals surface area (Å²) in [6, 6.07) is 8.63. The summed E-state index contributed by atoms with van der Waals surface area (Å²) >= 11 is 0. The van der Waals surface area contributed by atoms with Gasteiger partial charge in [0.2, 0.25) is 0 Å². The fraction of sp³-hybridized carbons (Fsp3) is 0.200. The number of benzene rings is 2. The van der Waals surface area contributed by atoms with Crippen LogP contribution in [0.5, 0.6) is 5.75 Å². The molecular formula is C20H19FN2O4. The van der Waals surface area contributed by atoms with Crippen LogP contribution in [-0.2, 0) is 11.3 Å². The number of ether oxygens (including phenoxy) is 1. The molecule has 0 saturated heterocycles. The van der Waals surface area contributed by atoms with E-state index in [1.807, 2.05) is 6.92 Å². The van der Waals surface area contributed by atoms with Crippen molar-refractivity contribution in [1.82, 2.24) is 4.57 Å². The van der Waals surface area contributed by atoms with Crippen molar-refractivity contribution in [3.63, 3.8) is 0 Å². The van der Waals surface area contributed by atoms with Crippen molar-refractivity contribution in [2.45, 2.75) is 19.9 Å². The fourth-order valence-corrected chi connectivity index (χ4v) is 3.21. The van der Waals surface area contributed by atoms with Crippen molar-refractivity contribution in [2.75, 3.05) is 12.8 Å². The molecule has 0 aliphatic carbocycles. The number of aromatic nitrogens is 1. The number of aromatic hydroxyl groups is 1. The number of nitrogen functional groups attached to an aromatic ring is 1. The maximum absolute atomic E-state index is 14.5. The minimum absolute atomic E-state index is 0.0170. The first kappa shape index (κ1) is 18.4. The van der Waals surface area contributed by atoms with Crippen LogP contribution < -0.4 is 11.3 Å². The van der Waals surface area contributed by atoms with Crippen LogP contribution in [0.15, 0.2) is 41.2 Å². The van der Waals surface area contributed by atoms with Crippen LogP contribution in [0.4, 0.5) is 10.1 Å². The maximum Gasteiger partial charge on any atom is 0.345 e. The minimum Gasteiger partial charge on any atom is -0.508 e. The van der Waals surface area contributed by atoms with E-state index in [1.165, 1.54) is 23.8 Å². The van der Waals surface area contributed by atoms with Gasteiger partial charge in [0.15, 0.2) is 0 Å². The Morgan fingerprint density at radius 1 is 1.26 bits per heavy atom. The molecule has 0 radical (unpaired) electrons. The number of halogens is 1. The SMILES string of the molecule is CCCn1c(=O)c(C(=O)OC)c(N)c2cccc(-c3cc(O)ccc3F)c21. The van der Waals surface area contributed by atoms with E-state index < -0.39 is 17.3 Å². The molecule has 1 heterocycles.